The molecule has 0 bridgehead atoms. The van der Waals surface area contributed by atoms with Crippen molar-refractivity contribution in [2.45, 2.75) is 38.3 Å². The van der Waals surface area contributed by atoms with Crippen molar-refractivity contribution in [1.29, 1.82) is 0 Å². The molecule has 0 aliphatic heterocycles. The van der Waals surface area contributed by atoms with Crippen LogP contribution >= 0.6 is 0 Å². The second kappa shape index (κ2) is 6.31. The minimum Gasteiger partial charge on any atom is -0.508 e. The zero-order valence-electron chi connectivity index (χ0n) is 12.5. The third kappa shape index (κ3) is 3.85. The summed E-state index contributed by atoms with van der Waals surface area (Å²) in [6.45, 7) is 2.24. The van der Waals surface area contributed by atoms with Crippen molar-refractivity contribution in [1.82, 2.24) is 5.32 Å². The molecule has 2 atom stereocenters. The molecule has 1 aliphatic rings. The molecular weight excluding hydrogens is 258 g/mol. The fourth-order valence-corrected chi connectivity index (χ4v) is 2.95. The van der Waals surface area contributed by atoms with Crippen molar-refractivity contribution in [3.8, 4) is 5.75 Å². The van der Waals surface area contributed by atoms with Crippen LogP contribution in [0, 0.1) is 5.92 Å². The van der Waals surface area contributed by atoms with E-state index < -0.39 is 0 Å². The fourth-order valence-electron chi connectivity index (χ4n) is 2.95. The molecule has 0 amide bonds. The van der Waals surface area contributed by atoms with Gasteiger partial charge in [-0.3, -0.25) is 0 Å². The number of hydrogen-bond acceptors (Lipinski definition) is 2. The molecule has 0 radical (unpaired) electrons. The topological polar surface area (TPSA) is 32.3 Å². The highest BCUT2D eigenvalue weighted by atomic mass is 16.3. The molecule has 1 fully saturated rings. The Morgan fingerprint density at radius 3 is 2.33 bits per heavy atom. The van der Waals surface area contributed by atoms with E-state index in [-0.39, 0.29) is 0 Å². The number of rotatable bonds is 6. The van der Waals surface area contributed by atoms with Crippen LogP contribution in [0.25, 0.3) is 0 Å². The Labute approximate surface area is 126 Å². The zero-order valence-corrected chi connectivity index (χ0v) is 12.5. The number of aromatic hydroxyl groups is 1. The van der Waals surface area contributed by atoms with Crippen LogP contribution < -0.4 is 5.32 Å². The van der Waals surface area contributed by atoms with Crippen molar-refractivity contribution in [3.63, 3.8) is 0 Å². The van der Waals surface area contributed by atoms with Gasteiger partial charge in [0, 0.05) is 12.1 Å². The Kier molecular flexibility index (Phi) is 4.26. The zero-order chi connectivity index (χ0) is 14.7. The van der Waals surface area contributed by atoms with Crippen molar-refractivity contribution < 1.29 is 5.11 Å². The molecule has 0 aromatic heterocycles. The lowest BCUT2D eigenvalue weighted by Gasteiger charge is -2.24. The molecule has 2 nitrogen and oxygen atoms in total. The van der Waals surface area contributed by atoms with Gasteiger partial charge in [-0.15, -0.1) is 0 Å². The van der Waals surface area contributed by atoms with Gasteiger partial charge in [0.2, 0.25) is 0 Å². The molecular formula is C19H23NO. The van der Waals surface area contributed by atoms with E-state index in [2.05, 4.69) is 42.6 Å². The van der Waals surface area contributed by atoms with Gasteiger partial charge in [-0.2, -0.15) is 0 Å². The first-order chi connectivity index (χ1) is 10.2. The standard InChI is InChI=1S/C19H23NO/c1-14(13-15-7-11-18(21)12-8-15)20-19(17-9-10-17)16-5-3-2-4-6-16/h2-8,11-12,14,17,19-21H,9-10,13H2,1H3. The lowest BCUT2D eigenvalue weighted by atomic mass is 9.99. The van der Waals surface area contributed by atoms with Gasteiger partial charge in [0.1, 0.15) is 5.75 Å². The monoisotopic (exact) mass is 281 g/mol. The van der Waals surface area contributed by atoms with Gasteiger partial charge in [-0.1, -0.05) is 42.5 Å². The Morgan fingerprint density at radius 2 is 1.71 bits per heavy atom. The summed E-state index contributed by atoms with van der Waals surface area (Å²) in [7, 11) is 0. The summed E-state index contributed by atoms with van der Waals surface area (Å²) in [5.74, 6) is 1.12. The third-order valence-corrected chi connectivity index (χ3v) is 4.19. The molecule has 2 aromatic carbocycles. The van der Waals surface area contributed by atoms with Crippen molar-refractivity contribution >= 4 is 0 Å². The number of nitrogens with one attached hydrogen (secondary N) is 1. The predicted octanol–water partition coefficient (Wildman–Crippen LogP) is 4.06. The van der Waals surface area contributed by atoms with Crippen LogP contribution in [-0.4, -0.2) is 11.1 Å². The van der Waals surface area contributed by atoms with Crippen LogP contribution in [0.3, 0.4) is 0 Å². The van der Waals surface area contributed by atoms with Gasteiger partial charge in [0.15, 0.2) is 0 Å². The highest BCUT2D eigenvalue weighted by Crippen LogP contribution is 2.41. The third-order valence-electron chi connectivity index (χ3n) is 4.19. The molecule has 0 saturated heterocycles. The van der Waals surface area contributed by atoms with Crippen molar-refractivity contribution in [2.75, 3.05) is 0 Å². The van der Waals surface area contributed by atoms with Crippen LogP contribution in [-0.2, 0) is 6.42 Å². The first-order valence-electron chi connectivity index (χ1n) is 7.81. The summed E-state index contributed by atoms with van der Waals surface area (Å²) in [4.78, 5) is 0. The van der Waals surface area contributed by atoms with Crippen LogP contribution in [0.15, 0.2) is 54.6 Å². The van der Waals surface area contributed by atoms with E-state index in [9.17, 15) is 5.11 Å². The van der Waals surface area contributed by atoms with E-state index in [1.165, 1.54) is 24.0 Å². The summed E-state index contributed by atoms with van der Waals surface area (Å²) in [5, 5.41) is 13.1. The second-order valence-electron chi connectivity index (χ2n) is 6.16. The smallest absolute Gasteiger partial charge is 0.115 e. The molecule has 1 saturated carbocycles. The summed E-state index contributed by atoms with van der Waals surface area (Å²) >= 11 is 0. The average molecular weight is 281 g/mol. The summed E-state index contributed by atoms with van der Waals surface area (Å²) in [5.41, 5.74) is 2.66. The SMILES string of the molecule is CC(Cc1ccc(O)cc1)NC(c1ccccc1)C1CC1. The van der Waals surface area contributed by atoms with Crippen LogP contribution in [0.4, 0.5) is 0 Å². The van der Waals surface area contributed by atoms with Crippen molar-refractivity contribution in [2.24, 2.45) is 5.92 Å². The molecule has 0 spiro atoms. The van der Waals surface area contributed by atoms with Crippen molar-refractivity contribution in [3.05, 3.63) is 65.7 Å². The lowest BCUT2D eigenvalue weighted by Crippen LogP contribution is -2.33. The average Bonchev–Trinajstić information content (AvgIpc) is 3.33. The molecule has 2 aromatic rings. The van der Waals surface area contributed by atoms with Crippen LogP contribution in [0.1, 0.15) is 36.9 Å². The first kappa shape index (κ1) is 14.2. The minimum atomic E-state index is 0.333. The quantitative estimate of drug-likeness (QED) is 0.836. The van der Waals surface area contributed by atoms with E-state index in [1.54, 1.807) is 12.1 Å². The van der Waals surface area contributed by atoms with E-state index in [4.69, 9.17) is 0 Å². The Hall–Kier alpha value is -1.80. The normalized spacial score (nSPS) is 17.4. The fraction of sp³-hybridized carbons (Fsp3) is 0.368. The highest BCUT2D eigenvalue weighted by molar-refractivity contribution is 5.27. The predicted molar refractivity (Wildman–Crippen MR) is 86.3 cm³/mol. The van der Waals surface area contributed by atoms with Gasteiger partial charge < -0.3 is 10.4 Å². The first-order valence-corrected chi connectivity index (χ1v) is 7.81. The maximum Gasteiger partial charge on any atom is 0.115 e. The van der Waals surface area contributed by atoms with Gasteiger partial charge in [0.05, 0.1) is 0 Å². The largest absolute Gasteiger partial charge is 0.508 e. The molecule has 2 N–H and O–H groups in total. The second-order valence-corrected chi connectivity index (χ2v) is 6.16. The Balaban J connectivity index is 1.64. The number of hydrogen-bond donors (Lipinski definition) is 2. The number of benzene rings is 2. The van der Waals surface area contributed by atoms with E-state index in [0.29, 0.717) is 17.8 Å². The number of phenols is 1. The van der Waals surface area contributed by atoms with E-state index in [1.807, 2.05) is 12.1 Å². The molecule has 2 heteroatoms. The molecule has 1 aliphatic carbocycles. The number of phenolic OH excluding ortho intramolecular Hbond substituents is 1. The van der Waals surface area contributed by atoms with Gasteiger partial charge in [-0.25, -0.2) is 0 Å². The van der Waals surface area contributed by atoms with Gasteiger partial charge >= 0.3 is 0 Å². The van der Waals surface area contributed by atoms with E-state index >= 15 is 0 Å². The maximum atomic E-state index is 9.35. The summed E-state index contributed by atoms with van der Waals surface area (Å²) in [6.07, 6.45) is 3.65. The molecule has 110 valence electrons. The van der Waals surface area contributed by atoms with Crippen LogP contribution in [0.2, 0.25) is 0 Å². The summed E-state index contributed by atoms with van der Waals surface area (Å²) in [6, 6.07) is 19.2. The maximum absolute atomic E-state index is 9.35. The Morgan fingerprint density at radius 1 is 1.05 bits per heavy atom. The van der Waals surface area contributed by atoms with Gasteiger partial charge in [-0.05, 0) is 55.4 Å². The van der Waals surface area contributed by atoms with Gasteiger partial charge in [0.25, 0.3) is 0 Å². The molecule has 0 heterocycles. The molecule has 3 rings (SSSR count). The van der Waals surface area contributed by atoms with E-state index in [0.717, 1.165) is 12.3 Å². The van der Waals surface area contributed by atoms with Crippen LogP contribution in [0.5, 0.6) is 5.75 Å². The Bertz CT molecular complexity index is 560. The molecule has 21 heavy (non-hydrogen) atoms. The lowest BCUT2D eigenvalue weighted by molar-refractivity contribution is 0.417. The molecule has 2 unspecified atom stereocenters. The minimum absolute atomic E-state index is 0.333. The summed E-state index contributed by atoms with van der Waals surface area (Å²) < 4.78 is 0. The highest BCUT2D eigenvalue weighted by Gasteiger charge is 2.32.